The van der Waals surface area contributed by atoms with Crippen molar-refractivity contribution in [3.05, 3.63) is 66.8 Å². The maximum absolute atomic E-state index is 13.0. The Kier molecular flexibility index (Phi) is 5.03. The van der Waals surface area contributed by atoms with Gasteiger partial charge in [-0.2, -0.15) is 13.2 Å². The maximum atomic E-state index is 13.0. The molecule has 6 nitrogen and oxygen atoms in total. The summed E-state index contributed by atoms with van der Waals surface area (Å²) >= 11 is 0. The lowest BCUT2D eigenvalue weighted by molar-refractivity contribution is -0.140. The van der Waals surface area contributed by atoms with Crippen molar-refractivity contribution in [2.75, 3.05) is 5.32 Å². The lowest BCUT2D eigenvalue weighted by atomic mass is 9.90. The van der Waals surface area contributed by atoms with Gasteiger partial charge in [-0.25, -0.2) is 9.97 Å². The molecule has 32 heavy (non-hydrogen) atoms. The minimum Gasteiger partial charge on any atom is -0.382 e. The molecule has 1 saturated carbocycles. The second kappa shape index (κ2) is 7.89. The molecule has 5 rings (SSSR count). The number of aromatic amines is 1. The number of alkyl halides is 3. The van der Waals surface area contributed by atoms with Crippen LogP contribution in [0.25, 0.3) is 22.4 Å². The van der Waals surface area contributed by atoms with Gasteiger partial charge in [-0.15, -0.1) is 0 Å². The molecule has 0 bridgehead atoms. The molecule has 0 unspecified atom stereocenters. The Morgan fingerprint density at radius 1 is 1.09 bits per heavy atom. The molecule has 1 aliphatic carbocycles. The summed E-state index contributed by atoms with van der Waals surface area (Å²) in [5.41, 5.74) is 2.13. The fourth-order valence-electron chi connectivity index (χ4n) is 4.40. The summed E-state index contributed by atoms with van der Waals surface area (Å²) in [6.45, 7) is 4.22. The topological polar surface area (TPSA) is 70.0 Å². The van der Waals surface area contributed by atoms with Gasteiger partial charge in [0.1, 0.15) is 17.1 Å². The summed E-state index contributed by atoms with van der Waals surface area (Å²) in [5.74, 6) is 0.623. The average Bonchev–Trinajstić information content (AvgIpc) is 3.42. The standard InChI is InChI=1S/C23H23F3N6/c1-14(17-9-11-27-22-18(17)10-12-28-22)29-15-5-7-16(8-6-15)30-20-3-2-4-21-31-19(13-32(20)21)23(24,25)26/h2-4,9-13,15-16,29-30H,1,5-8H2,(H,27,28). The van der Waals surface area contributed by atoms with Gasteiger partial charge in [-0.1, -0.05) is 12.6 Å². The molecule has 0 saturated heterocycles. The van der Waals surface area contributed by atoms with E-state index in [1.54, 1.807) is 24.4 Å². The van der Waals surface area contributed by atoms with Gasteiger partial charge in [0.05, 0.1) is 0 Å². The first kappa shape index (κ1) is 20.4. The van der Waals surface area contributed by atoms with Crippen molar-refractivity contribution in [1.82, 2.24) is 24.7 Å². The van der Waals surface area contributed by atoms with Crippen LogP contribution in [0.15, 0.2) is 55.5 Å². The number of imidazole rings is 1. The van der Waals surface area contributed by atoms with E-state index in [0.29, 0.717) is 11.9 Å². The SMILES string of the molecule is C=C(NC1CCC(Nc2cccc3nc(C(F)(F)F)cn23)CC1)c1ccnc2[nH]ccc12. The fraction of sp³-hybridized carbons (Fsp3) is 0.304. The third kappa shape index (κ3) is 3.90. The van der Waals surface area contributed by atoms with E-state index < -0.39 is 11.9 Å². The number of rotatable bonds is 5. The zero-order chi connectivity index (χ0) is 22.3. The first-order valence-electron chi connectivity index (χ1n) is 10.6. The van der Waals surface area contributed by atoms with Crippen molar-refractivity contribution in [3.63, 3.8) is 0 Å². The molecule has 0 atom stereocenters. The first-order valence-corrected chi connectivity index (χ1v) is 10.6. The highest BCUT2D eigenvalue weighted by atomic mass is 19.4. The second-order valence-electron chi connectivity index (χ2n) is 8.18. The lowest BCUT2D eigenvalue weighted by Crippen LogP contribution is -2.36. The molecule has 3 N–H and O–H groups in total. The van der Waals surface area contributed by atoms with Crippen molar-refractivity contribution in [2.24, 2.45) is 0 Å². The molecule has 166 valence electrons. The molecule has 0 spiro atoms. The Morgan fingerprint density at radius 3 is 2.66 bits per heavy atom. The summed E-state index contributed by atoms with van der Waals surface area (Å²) in [6.07, 6.45) is 3.89. The predicted molar refractivity (Wildman–Crippen MR) is 118 cm³/mol. The van der Waals surface area contributed by atoms with E-state index in [0.717, 1.165) is 54.2 Å². The van der Waals surface area contributed by atoms with Crippen LogP contribution < -0.4 is 10.6 Å². The largest absolute Gasteiger partial charge is 0.434 e. The van der Waals surface area contributed by atoms with E-state index in [2.05, 4.69) is 32.2 Å². The van der Waals surface area contributed by atoms with Crippen LogP contribution in [-0.2, 0) is 6.18 Å². The predicted octanol–water partition coefficient (Wildman–Crippen LogP) is 5.21. The third-order valence-electron chi connectivity index (χ3n) is 6.03. The molecule has 1 aliphatic rings. The molecule has 4 aromatic rings. The molecule has 4 heterocycles. The summed E-state index contributed by atoms with van der Waals surface area (Å²) in [7, 11) is 0. The van der Waals surface area contributed by atoms with Crippen molar-refractivity contribution >= 4 is 28.2 Å². The van der Waals surface area contributed by atoms with Crippen molar-refractivity contribution in [1.29, 1.82) is 0 Å². The summed E-state index contributed by atoms with van der Waals surface area (Å²) in [5, 5.41) is 7.99. The van der Waals surface area contributed by atoms with Gasteiger partial charge < -0.3 is 15.6 Å². The number of aromatic nitrogens is 4. The van der Waals surface area contributed by atoms with Crippen LogP contribution in [0.2, 0.25) is 0 Å². The van der Waals surface area contributed by atoms with E-state index in [-0.39, 0.29) is 11.7 Å². The number of hydrogen-bond acceptors (Lipinski definition) is 4. The van der Waals surface area contributed by atoms with Gasteiger partial charge in [0.2, 0.25) is 0 Å². The number of H-pyrrole nitrogens is 1. The van der Waals surface area contributed by atoms with Gasteiger partial charge in [-0.3, -0.25) is 4.40 Å². The van der Waals surface area contributed by atoms with Gasteiger partial charge >= 0.3 is 6.18 Å². The van der Waals surface area contributed by atoms with Crippen LogP contribution in [0.5, 0.6) is 0 Å². The fourth-order valence-corrected chi connectivity index (χ4v) is 4.40. The van der Waals surface area contributed by atoms with Gasteiger partial charge in [0, 0.05) is 47.3 Å². The van der Waals surface area contributed by atoms with Crippen molar-refractivity contribution in [2.45, 2.75) is 43.9 Å². The van der Waals surface area contributed by atoms with Crippen LogP contribution in [0, 0.1) is 0 Å². The number of anilines is 1. The zero-order valence-corrected chi connectivity index (χ0v) is 17.3. The second-order valence-corrected chi connectivity index (χ2v) is 8.18. The van der Waals surface area contributed by atoms with E-state index in [1.165, 1.54) is 4.40 Å². The summed E-state index contributed by atoms with van der Waals surface area (Å²) in [4.78, 5) is 11.1. The first-order chi connectivity index (χ1) is 15.4. The maximum Gasteiger partial charge on any atom is 0.434 e. The Hall–Kier alpha value is -3.49. The van der Waals surface area contributed by atoms with Gasteiger partial charge in [0.15, 0.2) is 5.69 Å². The highest BCUT2D eigenvalue weighted by Crippen LogP contribution is 2.30. The van der Waals surface area contributed by atoms with Gasteiger partial charge in [0.25, 0.3) is 0 Å². The molecule has 9 heteroatoms. The Morgan fingerprint density at radius 2 is 1.88 bits per heavy atom. The number of nitrogens with zero attached hydrogens (tertiary/aromatic N) is 3. The average molecular weight is 440 g/mol. The molecule has 0 radical (unpaired) electrons. The van der Waals surface area contributed by atoms with Crippen LogP contribution in [0.4, 0.5) is 19.0 Å². The number of fused-ring (bicyclic) bond motifs is 2. The van der Waals surface area contributed by atoms with Crippen LogP contribution in [-0.4, -0.2) is 31.4 Å². The minimum absolute atomic E-state index is 0.181. The lowest BCUT2D eigenvalue weighted by Gasteiger charge is -2.31. The quantitative estimate of drug-likeness (QED) is 0.398. The monoisotopic (exact) mass is 440 g/mol. The van der Waals surface area contributed by atoms with Crippen LogP contribution >= 0.6 is 0 Å². The molecule has 0 aromatic carbocycles. The van der Waals surface area contributed by atoms with Gasteiger partial charge in [-0.05, 0) is 49.9 Å². The Balaban J connectivity index is 1.22. The number of halogens is 3. The number of hydrogen-bond donors (Lipinski definition) is 3. The zero-order valence-electron chi connectivity index (χ0n) is 17.3. The Bertz CT molecular complexity index is 1260. The van der Waals surface area contributed by atoms with Crippen LogP contribution in [0.3, 0.4) is 0 Å². The highest BCUT2D eigenvalue weighted by Gasteiger charge is 2.34. The van der Waals surface area contributed by atoms with Crippen molar-refractivity contribution in [3.8, 4) is 0 Å². The van der Waals surface area contributed by atoms with Crippen molar-refractivity contribution < 1.29 is 13.2 Å². The summed E-state index contributed by atoms with van der Waals surface area (Å²) in [6, 6.07) is 9.51. The molecule has 1 fully saturated rings. The van der Waals surface area contributed by atoms with E-state index in [1.807, 2.05) is 18.3 Å². The number of pyridine rings is 2. The molecule has 0 aliphatic heterocycles. The van der Waals surface area contributed by atoms with Crippen LogP contribution in [0.1, 0.15) is 36.9 Å². The summed E-state index contributed by atoms with van der Waals surface area (Å²) < 4.78 is 40.6. The molecular weight excluding hydrogens is 417 g/mol. The third-order valence-corrected chi connectivity index (χ3v) is 6.03. The van der Waals surface area contributed by atoms with E-state index in [4.69, 9.17) is 0 Å². The Labute approximate surface area is 182 Å². The molecule has 0 amide bonds. The minimum atomic E-state index is -4.46. The van der Waals surface area contributed by atoms with E-state index >= 15 is 0 Å². The van der Waals surface area contributed by atoms with E-state index in [9.17, 15) is 13.2 Å². The number of nitrogens with one attached hydrogen (secondary N) is 3. The molecular formula is C23H23F3N6. The normalized spacial score (nSPS) is 19.3. The highest BCUT2D eigenvalue weighted by molar-refractivity contribution is 5.88. The smallest absolute Gasteiger partial charge is 0.382 e. The molecule has 4 aromatic heterocycles.